The number of thiophene rings is 1. The number of carbonyl (C=O) groups is 1. The highest BCUT2D eigenvalue weighted by Gasteiger charge is 2.32. The molecule has 0 bridgehead atoms. The van der Waals surface area contributed by atoms with Crippen LogP contribution in [-0.2, 0) is 6.42 Å². The molecule has 8 nitrogen and oxygen atoms in total. The van der Waals surface area contributed by atoms with Gasteiger partial charge >= 0.3 is 0 Å². The fraction of sp³-hybridized carbons (Fsp3) is 0.346. The third-order valence-corrected chi connectivity index (χ3v) is 7.89. The fourth-order valence-electron chi connectivity index (χ4n) is 5.32. The Kier molecular flexibility index (Phi) is 5.56. The van der Waals surface area contributed by atoms with E-state index in [1.54, 1.807) is 6.20 Å². The van der Waals surface area contributed by atoms with E-state index in [0.717, 1.165) is 42.0 Å². The van der Waals surface area contributed by atoms with E-state index in [0.29, 0.717) is 36.1 Å². The first kappa shape index (κ1) is 21.9. The monoisotopic (exact) mass is 488 g/mol. The summed E-state index contributed by atoms with van der Waals surface area (Å²) in [6.45, 7) is 3.85. The van der Waals surface area contributed by atoms with Crippen molar-refractivity contribution in [3.05, 3.63) is 70.1 Å². The summed E-state index contributed by atoms with van der Waals surface area (Å²) in [6.07, 6.45) is 6.25. The van der Waals surface area contributed by atoms with Crippen LogP contribution in [-0.4, -0.2) is 44.9 Å². The third-order valence-electron chi connectivity index (χ3n) is 7.01. The van der Waals surface area contributed by atoms with Gasteiger partial charge in [-0.05, 0) is 42.8 Å². The van der Waals surface area contributed by atoms with Crippen molar-refractivity contribution in [1.29, 1.82) is 0 Å². The summed E-state index contributed by atoms with van der Waals surface area (Å²) in [5, 5.41) is 5.53. The molecule has 6 rings (SSSR count). The summed E-state index contributed by atoms with van der Waals surface area (Å²) in [7, 11) is 0. The molecule has 35 heavy (non-hydrogen) atoms. The number of hydrogen-bond donors (Lipinski definition) is 2. The normalized spacial score (nSPS) is 18.0. The van der Waals surface area contributed by atoms with Crippen molar-refractivity contribution < 1.29 is 9.53 Å². The van der Waals surface area contributed by atoms with E-state index in [1.165, 1.54) is 16.9 Å². The molecule has 180 valence electrons. The first-order valence-corrected chi connectivity index (χ1v) is 13.0. The average Bonchev–Trinajstić information content (AvgIpc) is 3.61. The van der Waals surface area contributed by atoms with Gasteiger partial charge in [0, 0.05) is 43.5 Å². The Morgan fingerprint density at radius 3 is 2.89 bits per heavy atom. The minimum atomic E-state index is 0.0527. The number of piperidine rings is 1. The van der Waals surface area contributed by atoms with Crippen molar-refractivity contribution in [1.82, 2.24) is 19.3 Å². The van der Waals surface area contributed by atoms with Crippen LogP contribution in [0.3, 0.4) is 0 Å². The molecule has 4 aromatic rings. The van der Waals surface area contributed by atoms with Crippen LogP contribution in [0.4, 0.5) is 11.5 Å². The number of rotatable bonds is 5. The molecule has 3 aromatic heterocycles. The maximum atomic E-state index is 13.1. The van der Waals surface area contributed by atoms with E-state index >= 15 is 0 Å². The zero-order chi connectivity index (χ0) is 23.9. The van der Waals surface area contributed by atoms with Crippen LogP contribution in [0.2, 0.25) is 0 Å². The van der Waals surface area contributed by atoms with E-state index in [4.69, 9.17) is 15.5 Å². The number of nitrogens with one attached hydrogen (secondary N) is 1. The quantitative estimate of drug-likeness (QED) is 0.429. The molecule has 1 saturated heterocycles. The maximum Gasteiger partial charge on any atom is 0.267 e. The van der Waals surface area contributed by atoms with Gasteiger partial charge in [0.2, 0.25) is 0 Å². The minimum Gasteiger partial charge on any atom is -0.492 e. The molecule has 1 amide bonds. The molecule has 9 heteroatoms. The topological polar surface area (TPSA) is 97.8 Å². The van der Waals surface area contributed by atoms with E-state index in [9.17, 15) is 4.79 Å². The van der Waals surface area contributed by atoms with Gasteiger partial charge in [-0.3, -0.25) is 9.20 Å². The summed E-state index contributed by atoms with van der Waals surface area (Å²) in [5.74, 6) is 2.46. The number of nitrogens with two attached hydrogens (primary N) is 1. The number of nitrogen functional groups attached to an aromatic ring is 1. The van der Waals surface area contributed by atoms with E-state index in [-0.39, 0.29) is 17.9 Å². The Bertz CT molecular complexity index is 1360. The van der Waals surface area contributed by atoms with Gasteiger partial charge in [-0.2, -0.15) is 0 Å². The number of nitrogens with zero attached hydrogens (tertiary/aromatic N) is 4. The molecular weight excluding hydrogens is 460 g/mol. The smallest absolute Gasteiger partial charge is 0.267 e. The van der Waals surface area contributed by atoms with E-state index < -0.39 is 0 Å². The van der Waals surface area contributed by atoms with Gasteiger partial charge in [0.25, 0.3) is 5.91 Å². The second-order valence-electron chi connectivity index (χ2n) is 9.06. The standard InChI is InChI=1S/C26H28N6O2S/c1-2-34-20-9-14-35-23(20)26(33)31-11-7-16(8-12-31)25-30-21(22-24(27)28-10-13-32(22)25)19-15-17-5-3-4-6-18(17)29-19/h3-6,9-10,13-14,16,19,29H,2,7-8,11-12,15H2,1H3,(H2,27,28). The van der Waals surface area contributed by atoms with Crippen molar-refractivity contribution in [2.24, 2.45) is 0 Å². The van der Waals surface area contributed by atoms with Gasteiger partial charge in [0.05, 0.1) is 18.3 Å². The van der Waals surface area contributed by atoms with E-state index in [2.05, 4.69) is 32.9 Å². The number of para-hydroxylation sites is 1. The molecule has 0 aliphatic carbocycles. The summed E-state index contributed by atoms with van der Waals surface area (Å²) >= 11 is 1.44. The Hall–Kier alpha value is -3.59. The van der Waals surface area contributed by atoms with Crippen LogP contribution < -0.4 is 15.8 Å². The first-order valence-electron chi connectivity index (χ1n) is 12.1. The van der Waals surface area contributed by atoms with Crippen molar-refractivity contribution in [3.63, 3.8) is 0 Å². The molecule has 0 radical (unpaired) electrons. The summed E-state index contributed by atoms with van der Waals surface area (Å²) in [4.78, 5) is 25.3. The third kappa shape index (κ3) is 3.80. The van der Waals surface area contributed by atoms with Crippen molar-refractivity contribution in [2.45, 2.75) is 38.1 Å². The van der Waals surface area contributed by atoms with Gasteiger partial charge in [0.1, 0.15) is 27.8 Å². The molecule has 2 aliphatic rings. The molecular formula is C26H28N6O2S. The second-order valence-corrected chi connectivity index (χ2v) is 9.97. The number of carbonyl (C=O) groups excluding carboxylic acids is 1. The largest absolute Gasteiger partial charge is 0.492 e. The lowest BCUT2D eigenvalue weighted by molar-refractivity contribution is 0.0712. The summed E-state index contributed by atoms with van der Waals surface area (Å²) < 4.78 is 7.75. The van der Waals surface area contributed by atoms with Crippen molar-refractivity contribution >= 4 is 34.3 Å². The number of amides is 1. The highest BCUT2D eigenvalue weighted by molar-refractivity contribution is 7.12. The minimum absolute atomic E-state index is 0.0527. The number of benzene rings is 1. The number of likely N-dealkylation sites (tertiary alicyclic amines) is 1. The van der Waals surface area contributed by atoms with Crippen LogP contribution in [0.25, 0.3) is 5.52 Å². The van der Waals surface area contributed by atoms with Gasteiger partial charge in [-0.25, -0.2) is 9.97 Å². The zero-order valence-corrected chi connectivity index (χ0v) is 20.4. The highest BCUT2D eigenvalue weighted by atomic mass is 32.1. The van der Waals surface area contributed by atoms with Gasteiger partial charge in [-0.15, -0.1) is 11.3 Å². The molecule has 1 atom stereocenters. The van der Waals surface area contributed by atoms with Crippen LogP contribution >= 0.6 is 11.3 Å². The SMILES string of the molecule is CCOc1ccsc1C(=O)N1CCC(c2nc(C3Cc4ccccc4N3)c3c(N)nccn23)CC1. The number of fused-ring (bicyclic) bond motifs is 2. The predicted molar refractivity (Wildman–Crippen MR) is 137 cm³/mol. The molecule has 3 N–H and O–H groups in total. The van der Waals surface area contributed by atoms with Gasteiger partial charge in [0.15, 0.2) is 0 Å². The van der Waals surface area contributed by atoms with Crippen molar-refractivity contribution in [3.8, 4) is 5.75 Å². The summed E-state index contributed by atoms with van der Waals surface area (Å²) in [6, 6.07) is 10.3. The molecule has 5 heterocycles. The Morgan fingerprint density at radius 2 is 2.09 bits per heavy atom. The predicted octanol–water partition coefficient (Wildman–Crippen LogP) is 4.50. The molecule has 0 spiro atoms. The van der Waals surface area contributed by atoms with Crippen LogP contribution in [0.15, 0.2) is 48.1 Å². The molecule has 2 aliphatic heterocycles. The van der Waals surface area contributed by atoms with Crippen LogP contribution in [0, 0.1) is 0 Å². The van der Waals surface area contributed by atoms with Gasteiger partial charge in [-0.1, -0.05) is 18.2 Å². The van der Waals surface area contributed by atoms with Crippen molar-refractivity contribution in [2.75, 3.05) is 30.7 Å². The first-order chi connectivity index (χ1) is 17.1. The summed E-state index contributed by atoms with van der Waals surface area (Å²) in [5.41, 5.74) is 10.6. The molecule has 1 unspecified atom stereocenters. The average molecular weight is 489 g/mol. The molecule has 1 aromatic carbocycles. The fourth-order valence-corrected chi connectivity index (χ4v) is 6.12. The van der Waals surface area contributed by atoms with Crippen LogP contribution in [0.5, 0.6) is 5.75 Å². The second kappa shape index (κ2) is 8.88. The number of imidazole rings is 1. The lowest BCUT2D eigenvalue weighted by atomic mass is 9.96. The lowest BCUT2D eigenvalue weighted by Gasteiger charge is -2.31. The van der Waals surface area contributed by atoms with E-state index in [1.807, 2.05) is 35.5 Å². The highest BCUT2D eigenvalue weighted by Crippen LogP contribution is 2.39. The van der Waals surface area contributed by atoms with Crippen LogP contribution in [0.1, 0.15) is 58.5 Å². The number of hydrogen-bond acceptors (Lipinski definition) is 7. The lowest BCUT2D eigenvalue weighted by Crippen LogP contribution is -2.38. The number of anilines is 2. The molecule has 1 fully saturated rings. The Morgan fingerprint density at radius 1 is 1.26 bits per heavy atom. The Labute approximate surface area is 207 Å². The van der Waals surface area contributed by atoms with Gasteiger partial charge < -0.3 is 20.7 Å². The molecule has 0 saturated carbocycles. The zero-order valence-electron chi connectivity index (χ0n) is 19.6. The Balaban J connectivity index is 1.25. The number of aromatic nitrogens is 3. The maximum absolute atomic E-state index is 13.1. The number of ether oxygens (including phenoxy) is 1.